The number of ether oxygens (including phenoxy) is 2. The first-order chi connectivity index (χ1) is 15.7. The van der Waals surface area contributed by atoms with Crippen molar-refractivity contribution in [3.8, 4) is 11.1 Å². The second kappa shape index (κ2) is 8.89. The summed E-state index contributed by atoms with van der Waals surface area (Å²) in [6, 6.07) is 12.8. The number of hydrogen-bond donors (Lipinski definition) is 0. The van der Waals surface area contributed by atoms with Gasteiger partial charge in [0.1, 0.15) is 11.6 Å². The van der Waals surface area contributed by atoms with E-state index in [9.17, 15) is 14.4 Å². The highest BCUT2D eigenvalue weighted by atomic mass is 16.6. The van der Waals surface area contributed by atoms with Crippen LogP contribution in [-0.2, 0) is 20.7 Å². The molecule has 7 heteroatoms. The molecule has 174 valence electrons. The molecule has 0 N–H and O–H groups in total. The zero-order valence-electron chi connectivity index (χ0n) is 19.6. The van der Waals surface area contributed by atoms with Crippen LogP contribution >= 0.6 is 0 Å². The topological polar surface area (TPSA) is 76.2 Å². The Balaban J connectivity index is 1.69. The van der Waals surface area contributed by atoms with E-state index >= 15 is 0 Å². The molecule has 2 aromatic carbocycles. The molecule has 0 aromatic heterocycles. The fourth-order valence-electron chi connectivity index (χ4n) is 4.59. The highest BCUT2D eigenvalue weighted by Gasteiger charge is 2.41. The lowest BCUT2D eigenvalue weighted by Gasteiger charge is -2.30. The predicted molar refractivity (Wildman–Crippen MR) is 125 cm³/mol. The van der Waals surface area contributed by atoms with Gasteiger partial charge in [0.25, 0.3) is 0 Å². The number of methoxy groups -OCH3 is 1. The van der Waals surface area contributed by atoms with Crippen LogP contribution in [0.2, 0.25) is 0 Å². The maximum Gasteiger partial charge on any atom is 0.410 e. The highest BCUT2D eigenvalue weighted by molar-refractivity contribution is 6.03. The van der Waals surface area contributed by atoms with E-state index in [1.807, 2.05) is 57.2 Å². The van der Waals surface area contributed by atoms with Crippen LogP contribution in [0.15, 0.2) is 42.5 Å². The molecule has 2 aromatic rings. The number of esters is 1. The minimum absolute atomic E-state index is 0.141. The van der Waals surface area contributed by atoms with Crippen molar-refractivity contribution in [3.63, 3.8) is 0 Å². The van der Waals surface area contributed by atoms with Crippen LogP contribution in [0.1, 0.15) is 49.5 Å². The third kappa shape index (κ3) is 4.58. The quantitative estimate of drug-likeness (QED) is 0.647. The molecule has 1 atom stereocenters. The van der Waals surface area contributed by atoms with E-state index in [0.29, 0.717) is 37.2 Å². The van der Waals surface area contributed by atoms with Gasteiger partial charge >= 0.3 is 12.1 Å². The number of carbonyl (C=O) groups is 3. The van der Waals surface area contributed by atoms with Crippen LogP contribution in [0.25, 0.3) is 11.1 Å². The molecular formula is C26H30N2O5. The molecule has 0 saturated carbocycles. The number of likely N-dealkylation sites (tertiary alicyclic amines) is 1. The fourth-order valence-corrected chi connectivity index (χ4v) is 4.59. The van der Waals surface area contributed by atoms with Gasteiger partial charge in [0.05, 0.1) is 12.7 Å². The Morgan fingerprint density at radius 2 is 1.76 bits per heavy atom. The molecule has 0 aliphatic carbocycles. The Labute approximate surface area is 194 Å². The van der Waals surface area contributed by atoms with Gasteiger partial charge in [0.2, 0.25) is 5.91 Å². The van der Waals surface area contributed by atoms with Gasteiger partial charge in [-0.3, -0.25) is 9.69 Å². The van der Waals surface area contributed by atoms with Crippen molar-refractivity contribution in [2.45, 2.75) is 51.7 Å². The SMILES string of the molecule is COC(=O)c1cc(-c2ccccc2)c2c(c1)N(C(=O)[C@@H]1CCCN1C(=O)OC(C)(C)C)CC2. The van der Waals surface area contributed by atoms with Gasteiger partial charge in [-0.15, -0.1) is 0 Å². The van der Waals surface area contributed by atoms with Gasteiger partial charge < -0.3 is 14.4 Å². The summed E-state index contributed by atoms with van der Waals surface area (Å²) in [7, 11) is 1.35. The summed E-state index contributed by atoms with van der Waals surface area (Å²) < 4.78 is 10.5. The molecule has 2 aliphatic heterocycles. The Bertz CT molecular complexity index is 1070. The van der Waals surface area contributed by atoms with Crippen molar-refractivity contribution in [1.82, 2.24) is 4.90 Å². The summed E-state index contributed by atoms with van der Waals surface area (Å²) in [6.45, 7) is 6.43. The lowest BCUT2D eigenvalue weighted by molar-refractivity contribution is -0.122. The molecule has 2 aliphatic rings. The first-order valence-electron chi connectivity index (χ1n) is 11.3. The van der Waals surface area contributed by atoms with Gasteiger partial charge in [-0.25, -0.2) is 9.59 Å². The molecule has 1 fully saturated rings. The monoisotopic (exact) mass is 450 g/mol. The van der Waals surface area contributed by atoms with Crippen LogP contribution in [0.4, 0.5) is 10.5 Å². The van der Waals surface area contributed by atoms with E-state index in [1.54, 1.807) is 11.0 Å². The normalized spacial score (nSPS) is 17.6. The third-order valence-corrected chi connectivity index (χ3v) is 6.04. The maximum absolute atomic E-state index is 13.6. The van der Waals surface area contributed by atoms with Crippen LogP contribution < -0.4 is 4.90 Å². The van der Waals surface area contributed by atoms with Crippen molar-refractivity contribution >= 4 is 23.7 Å². The Morgan fingerprint density at radius 3 is 2.42 bits per heavy atom. The van der Waals surface area contributed by atoms with Crippen LogP contribution in [0.5, 0.6) is 0 Å². The summed E-state index contributed by atoms with van der Waals surface area (Å²) in [5.41, 5.74) is 3.38. The van der Waals surface area contributed by atoms with Crippen LogP contribution in [0.3, 0.4) is 0 Å². The van der Waals surface area contributed by atoms with Gasteiger partial charge in [0, 0.05) is 18.8 Å². The first-order valence-corrected chi connectivity index (χ1v) is 11.3. The van der Waals surface area contributed by atoms with Gasteiger partial charge in [0.15, 0.2) is 0 Å². The number of fused-ring (bicyclic) bond motifs is 1. The number of carbonyl (C=O) groups excluding carboxylic acids is 3. The summed E-state index contributed by atoms with van der Waals surface area (Å²) in [4.78, 5) is 42.0. The molecular weight excluding hydrogens is 420 g/mol. The van der Waals surface area contributed by atoms with E-state index in [-0.39, 0.29) is 5.91 Å². The lowest BCUT2D eigenvalue weighted by Crippen LogP contribution is -2.48. The molecule has 2 heterocycles. The summed E-state index contributed by atoms with van der Waals surface area (Å²) in [5, 5.41) is 0. The average Bonchev–Trinajstić information content (AvgIpc) is 3.44. The molecule has 2 amide bonds. The van der Waals surface area contributed by atoms with Crippen LogP contribution in [-0.4, -0.2) is 54.7 Å². The van der Waals surface area contributed by atoms with Crippen molar-refractivity contribution < 1.29 is 23.9 Å². The smallest absolute Gasteiger partial charge is 0.410 e. The zero-order chi connectivity index (χ0) is 23.8. The fraction of sp³-hybridized carbons (Fsp3) is 0.423. The lowest BCUT2D eigenvalue weighted by atomic mass is 9.95. The Kier molecular flexibility index (Phi) is 6.15. The number of rotatable bonds is 3. The Morgan fingerprint density at radius 1 is 1.03 bits per heavy atom. The standard InChI is InChI=1S/C26H30N2O5/c1-26(2,3)33-25(31)28-13-8-11-21(28)23(29)27-14-12-19-20(17-9-6-5-7-10-17)15-18(16-22(19)27)24(30)32-4/h5-7,9-10,15-16,21H,8,11-14H2,1-4H3/t21-/m0/s1. The second-order valence-electron chi connectivity index (χ2n) is 9.45. The summed E-state index contributed by atoms with van der Waals surface area (Å²) in [5.74, 6) is -0.594. The zero-order valence-corrected chi connectivity index (χ0v) is 19.6. The summed E-state index contributed by atoms with van der Waals surface area (Å²) >= 11 is 0. The molecule has 33 heavy (non-hydrogen) atoms. The average molecular weight is 451 g/mol. The third-order valence-electron chi connectivity index (χ3n) is 6.04. The minimum Gasteiger partial charge on any atom is -0.465 e. The Hall–Kier alpha value is -3.35. The molecule has 7 nitrogen and oxygen atoms in total. The highest BCUT2D eigenvalue weighted by Crippen LogP contribution is 2.39. The number of nitrogens with zero attached hydrogens (tertiary/aromatic N) is 2. The van der Waals surface area contributed by atoms with Crippen molar-refractivity contribution in [2.24, 2.45) is 0 Å². The van der Waals surface area contributed by atoms with E-state index in [4.69, 9.17) is 9.47 Å². The number of hydrogen-bond acceptors (Lipinski definition) is 5. The minimum atomic E-state index is -0.631. The molecule has 0 unspecified atom stereocenters. The largest absolute Gasteiger partial charge is 0.465 e. The predicted octanol–water partition coefficient (Wildman–Crippen LogP) is 4.43. The first kappa shape index (κ1) is 22.8. The van der Waals surface area contributed by atoms with E-state index in [2.05, 4.69) is 0 Å². The maximum atomic E-state index is 13.6. The van der Waals surface area contributed by atoms with Gasteiger partial charge in [-0.1, -0.05) is 30.3 Å². The van der Waals surface area contributed by atoms with E-state index < -0.39 is 23.7 Å². The van der Waals surface area contributed by atoms with Gasteiger partial charge in [-0.2, -0.15) is 0 Å². The van der Waals surface area contributed by atoms with Crippen molar-refractivity contribution in [2.75, 3.05) is 25.1 Å². The molecule has 4 rings (SSSR count). The number of anilines is 1. The molecule has 1 saturated heterocycles. The van der Waals surface area contributed by atoms with Crippen molar-refractivity contribution in [3.05, 3.63) is 53.6 Å². The summed E-state index contributed by atoms with van der Waals surface area (Å²) in [6.07, 6.45) is 1.54. The number of amides is 2. The second-order valence-corrected chi connectivity index (χ2v) is 9.45. The van der Waals surface area contributed by atoms with E-state index in [0.717, 1.165) is 23.1 Å². The number of benzene rings is 2. The molecule has 0 spiro atoms. The molecule has 0 bridgehead atoms. The van der Waals surface area contributed by atoms with Crippen molar-refractivity contribution in [1.29, 1.82) is 0 Å². The molecule has 0 radical (unpaired) electrons. The van der Waals surface area contributed by atoms with Gasteiger partial charge in [-0.05, 0) is 68.9 Å². The van der Waals surface area contributed by atoms with Crippen LogP contribution in [0, 0.1) is 0 Å². The van der Waals surface area contributed by atoms with E-state index in [1.165, 1.54) is 12.0 Å².